The summed E-state index contributed by atoms with van der Waals surface area (Å²) in [6.45, 7) is 5.98. The molecular formula is C13H15N5O. The summed E-state index contributed by atoms with van der Waals surface area (Å²) >= 11 is 0. The number of carbonyl (C=O) groups excluding carboxylic acids is 1. The average molecular weight is 257 g/mol. The maximum absolute atomic E-state index is 11.5. The highest BCUT2D eigenvalue weighted by Gasteiger charge is 2.10. The number of nitrogens with zero attached hydrogens (tertiary/aromatic N) is 4. The van der Waals surface area contributed by atoms with Gasteiger partial charge < -0.3 is 5.32 Å². The number of nitrogens with one attached hydrogen (secondary N) is 1. The highest BCUT2D eigenvalue weighted by atomic mass is 16.2. The minimum absolute atomic E-state index is 0.0483. The molecule has 2 aromatic rings. The minimum Gasteiger partial charge on any atom is -0.351 e. The Kier molecular flexibility index (Phi) is 4.02. The highest BCUT2D eigenvalue weighted by Crippen LogP contribution is 2.17. The van der Waals surface area contributed by atoms with Gasteiger partial charge in [-0.25, -0.2) is 0 Å². The molecule has 98 valence electrons. The number of carbonyl (C=O) groups is 1. The first-order chi connectivity index (χ1) is 9.20. The molecule has 6 heteroatoms. The van der Waals surface area contributed by atoms with Crippen LogP contribution in [0.5, 0.6) is 0 Å². The van der Waals surface area contributed by atoms with Crippen molar-refractivity contribution in [2.45, 2.75) is 13.5 Å². The van der Waals surface area contributed by atoms with Gasteiger partial charge in [0.1, 0.15) is 6.54 Å². The summed E-state index contributed by atoms with van der Waals surface area (Å²) < 4.78 is 0. The summed E-state index contributed by atoms with van der Waals surface area (Å²) in [5.41, 5.74) is 1.98. The molecule has 1 aromatic heterocycles. The molecule has 0 spiro atoms. The fraction of sp³-hybridized carbons (Fsp3) is 0.231. The maximum atomic E-state index is 11.5. The van der Waals surface area contributed by atoms with Crippen LogP contribution >= 0.6 is 0 Å². The topological polar surface area (TPSA) is 72.7 Å². The number of benzene rings is 1. The first kappa shape index (κ1) is 12.9. The van der Waals surface area contributed by atoms with Crippen molar-refractivity contribution in [1.82, 2.24) is 25.5 Å². The first-order valence-electron chi connectivity index (χ1n) is 5.92. The molecule has 1 amide bonds. The van der Waals surface area contributed by atoms with Crippen molar-refractivity contribution >= 4 is 5.91 Å². The molecule has 0 radical (unpaired) electrons. The summed E-state index contributed by atoms with van der Waals surface area (Å²) in [5, 5.41) is 14.7. The quantitative estimate of drug-likeness (QED) is 0.809. The summed E-state index contributed by atoms with van der Waals surface area (Å²) in [4.78, 5) is 12.8. The second-order valence-electron chi connectivity index (χ2n) is 4.05. The molecule has 0 unspecified atom stereocenters. The fourth-order valence-corrected chi connectivity index (χ4v) is 1.61. The van der Waals surface area contributed by atoms with Gasteiger partial charge in [0.15, 0.2) is 0 Å². The molecule has 0 saturated heterocycles. The third-order valence-electron chi connectivity index (χ3n) is 2.57. The van der Waals surface area contributed by atoms with Crippen molar-refractivity contribution in [1.29, 1.82) is 0 Å². The lowest BCUT2D eigenvalue weighted by atomic mass is 10.1. The Hall–Kier alpha value is -2.50. The van der Waals surface area contributed by atoms with E-state index in [1.165, 1.54) is 4.80 Å². The van der Waals surface area contributed by atoms with Crippen LogP contribution in [0.1, 0.15) is 5.56 Å². The molecule has 0 aliphatic heterocycles. The van der Waals surface area contributed by atoms with Crippen LogP contribution in [0.2, 0.25) is 0 Å². The van der Waals surface area contributed by atoms with Gasteiger partial charge in [-0.1, -0.05) is 30.3 Å². The summed E-state index contributed by atoms with van der Waals surface area (Å²) in [7, 11) is 0. The second kappa shape index (κ2) is 5.90. The monoisotopic (exact) mass is 257 g/mol. The molecule has 6 nitrogen and oxygen atoms in total. The maximum Gasteiger partial charge on any atom is 0.243 e. The number of aryl methyl sites for hydroxylation is 1. The largest absolute Gasteiger partial charge is 0.351 e. The van der Waals surface area contributed by atoms with E-state index >= 15 is 0 Å². The molecule has 0 aliphatic rings. The highest BCUT2D eigenvalue weighted by molar-refractivity contribution is 5.75. The third-order valence-corrected chi connectivity index (χ3v) is 2.57. The Labute approximate surface area is 111 Å². The van der Waals surface area contributed by atoms with Gasteiger partial charge in [-0.3, -0.25) is 4.79 Å². The zero-order chi connectivity index (χ0) is 13.7. The van der Waals surface area contributed by atoms with Crippen LogP contribution in [0.15, 0.2) is 36.9 Å². The van der Waals surface area contributed by atoms with Gasteiger partial charge >= 0.3 is 0 Å². The SMILES string of the molecule is C=CCNC(=O)Cn1nnc(-c2ccccc2C)n1. The predicted octanol–water partition coefficient (Wildman–Crippen LogP) is 0.951. The van der Waals surface area contributed by atoms with Crippen molar-refractivity contribution in [3.8, 4) is 11.4 Å². The molecule has 19 heavy (non-hydrogen) atoms. The van der Waals surface area contributed by atoms with Gasteiger partial charge in [-0.2, -0.15) is 4.80 Å². The van der Waals surface area contributed by atoms with Crippen LogP contribution in [0.25, 0.3) is 11.4 Å². The van der Waals surface area contributed by atoms with E-state index < -0.39 is 0 Å². The van der Waals surface area contributed by atoms with Crippen LogP contribution in [-0.4, -0.2) is 32.7 Å². The van der Waals surface area contributed by atoms with Crippen molar-refractivity contribution in [2.24, 2.45) is 0 Å². The Bertz CT molecular complexity index is 590. The zero-order valence-corrected chi connectivity index (χ0v) is 10.7. The van der Waals surface area contributed by atoms with Crippen LogP contribution < -0.4 is 5.32 Å². The van der Waals surface area contributed by atoms with Crippen LogP contribution in [0.3, 0.4) is 0 Å². The molecule has 1 heterocycles. The van der Waals surface area contributed by atoms with Gasteiger partial charge in [-0.15, -0.1) is 16.8 Å². The van der Waals surface area contributed by atoms with Gasteiger partial charge in [-0.05, 0) is 17.7 Å². The van der Waals surface area contributed by atoms with Crippen molar-refractivity contribution in [3.05, 3.63) is 42.5 Å². The summed E-state index contributed by atoms with van der Waals surface area (Å²) in [5.74, 6) is 0.350. The van der Waals surface area contributed by atoms with Gasteiger partial charge in [0, 0.05) is 12.1 Å². The van der Waals surface area contributed by atoms with Gasteiger partial charge in [0.05, 0.1) is 0 Å². The molecule has 1 aromatic carbocycles. The second-order valence-corrected chi connectivity index (χ2v) is 4.05. The molecule has 0 aliphatic carbocycles. The van der Waals surface area contributed by atoms with Crippen LogP contribution in [0.4, 0.5) is 0 Å². The van der Waals surface area contributed by atoms with Gasteiger partial charge in [0.2, 0.25) is 11.7 Å². The van der Waals surface area contributed by atoms with E-state index in [9.17, 15) is 4.79 Å². The van der Waals surface area contributed by atoms with E-state index in [2.05, 4.69) is 27.3 Å². The van der Waals surface area contributed by atoms with E-state index in [1.807, 2.05) is 31.2 Å². The van der Waals surface area contributed by atoms with E-state index in [4.69, 9.17) is 0 Å². The van der Waals surface area contributed by atoms with E-state index in [1.54, 1.807) is 6.08 Å². The lowest BCUT2D eigenvalue weighted by Gasteiger charge is -2.00. The van der Waals surface area contributed by atoms with E-state index in [-0.39, 0.29) is 12.5 Å². The Balaban J connectivity index is 2.09. The summed E-state index contributed by atoms with van der Waals surface area (Å²) in [6.07, 6.45) is 1.62. The molecule has 1 N–H and O–H groups in total. The molecule has 2 rings (SSSR count). The van der Waals surface area contributed by atoms with E-state index in [0.29, 0.717) is 12.4 Å². The van der Waals surface area contributed by atoms with Crippen molar-refractivity contribution < 1.29 is 4.79 Å². The normalized spacial score (nSPS) is 10.2. The van der Waals surface area contributed by atoms with Crippen LogP contribution in [-0.2, 0) is 11.3 Å². The first-order valence-corrected chi connectivity index (χ1v) is 5.92. The molecule has 0 fully saturated rings. The third kappa shape index (κ3) is 3.25. The number of tetrazole rings is 1. The Morgan fingerprint density at radius 3 is 3.00 bits per heavy atom. The van der Waals surface area contributed by atoms with Crippen molar-refractivity contribution in [3.63, 3.8) is 0 Å². The fourth-order valence-electron chi connectivity index (χ4n) is 1.61. The number of hydrogen-bond donors (Lipinski definition) is 1. The standard InChI is InChI=1S/C13H15N5O/c1-3-8-14-12(19)9-18-16-13(15-17-18)11-7-5-4-6-10(11)2/h3-7H,1,8-9H2,2H3,(H,14,19). The average Bonchev–Trinajstić information content (AvgIpc) is 2.85. The number of rotatable bonds is 5. The summed E-state index contributed by atoms with van der Waals surface area (Å²) in [6, 6.07) is 7.77. The number of aromatic nitrogens is 4. The predicted molar refractivity (Wildman–Crippen MR) is 71.2 cm³/mol. The number of hydrogen-bond acceptors (Lipinski definition) is 4. The lowest BCUT2D eigenvalue weighted by molar-refractivity contribution is -0.121. The Morgan fingerprint density at radius 1 is 1.47 bits per heavy atom. The molecule has 0 bridgehead atoms. The molecule has 0 saturated carbocycles. The zero-order valence-electron chi connectivity index (χ0n) is 10.7. The molecular weight excluding hydrogens is 242 g/mol. The van der Waals surface area contributed by atoms with Crippen molar-refractivity contribution in [2.75, 3.05) is 6.54 Å². The smallest absolute Gasteiger partial charge is 0.243 e. The van der Waals surface area contributed by atoms with Crippen LogP contribution in [0, 0.1) is 6.92 Å². The molecule has 0 atom stereocenters. The number of amides is 1. The van der Waals surface area contributed by atoms with E-state index in [0.717, 1.165) is 11.1 Å². The van der Waals surface area contributed by atoms with Gasteiger partial charge in [0.25, 0.3) is 0 Å². The Morgan fingerprint density at radius 2 is 2.26 bits per heavy atom. The minimum atomic E-state index is -0.173. The lowest BCUT2D eigenvalue weighted by Crippen LogP contribution is -2.28.